The lowest BCUT2D eigenvalue weighted by Gasteiger charge is -2.18. The van der Waals surface area contributed by atoms with E-state index in [4.69, 9.17) is 0 Å². The monoisotopic (exact) mass is 260 g/mol. The van der Waals surface area contributed by atoms with Crippen LogP contribution in [0.3, 0.4) is 0 Å². The number of nitrogens with one attached hydrogen (secondary N) is 1. The summed E-state index contributed by atoms with van der Waals surface area (Å²) in [5.74, 6) is 0.0128. The Morgan fingerprint density at radius 2 is 1.74 bits per heavy atom. The maximum absolute atomic E-state index is 12.0. The van der Waals surface area contributed by atoms with Crippen LogP contribution in [0.1, 0.15) is 23.6 Å². The Kier molecular flexibility index (Phi) is 5.31. The van der Waals surface area contributed by atoms with Crippen molar-refractivity contribution >= 4 is 11.6 Å². The molecule has 0 heterocycles. The lowest BCUT2D eigenvalue weighted by atomic mass is 10.1. The zero-order chi connectivity index (χ0) is 14.6. The summed E-state index contributed by atoms with van der Waals surface area (Å²) in [6.07, 6.45) is 0. The molecule has 0 unspecified atom stereocenters. The van der Waals surface area contributed by atoms with Crippen molar-refractivity contribution in [1.82, 2.24) is 4.90 Å². The number of nitrogens with zero attached hydrogens (tertiary/aromatic N) is 1. The molecule has 0 radical (unpaired) electrons. The molecule has 0 saturated carbocycles. The SMILES string of the molecule is C=C(C)CN(C)CC(=O)Nc1c(C)cc(C)cc1C. The van der Waals surface area contributed by atoms with E-state index in [1.807, 2.05) is 32.7 Å². The molecule has 0 atom stereocenters. The summed E-state index contributed by atoms with van der Waals surface area (Å²) in [4.78, 5) is 14.0. The Morgan fingerprint density at radius 3 is 2.21 bits per heavy atom. The van der Waals surface area contributed by atoms with Gasteiger partial charge in [0.2, 0.25) is 5.91 Å². The summed E-state index contributed by atoms with van der Waals surface area (Å²) in [5, 5.41) is 3.00. The number of aryl methyl sites for hydroxylation is 3. The van der Waals surface area contributed by atoms with Crippen LogP contribution in [0.5, 0.6) is 0 Å². The third-order valence-electron chi connectivity index (χ3n) is 2.89. The zero-order valence-corrected chi connectivity index (χ0v) is 12.6. The summed E-state index contributed by atoms with van der Waals surface area (Å²) in [6, 6.07) is 4.17. The number of carbonyl (C=O) groups is 1. The molecule has 1 rings (SSSR count). The molecule has 1 aromatic rings. The van der Waals surface area contributed by atoms with E-state index in [0.29, 0.717) is 6.54 Å². The summed E-state index contributed by atoms with van der Waals surface area (Å²) in [7, 11) is 1.92. The maximum atomic E-state index is 12.0. The second-order valence-corrected chi connectivity index (χ2v) is 5.45. The van der Waals surface area contributed by atoms with Crippen LogP contribution in [-0.2, 0) is 4.79 Å². The van der Waals surface area contributed by atoms with Crippen molar-refractivity contribution in [3.8, 4) is 0 Å². The van der Waals surface area contributed by atoms with Crippen LogP contribution >= 0.6 is 0 Å². The highest BCUT2D eigenvalue weighted by Crippen LogP contribution is 2.21. The highest BCUT2D eigenvalue weighted by Gasteiger charge is 2.10. The van der Waals surface area contributed by atoms with E-state index in [9.17, 15) is 4.79 Å². The van der Waals surface area contributed by atoms with E-state index >= 15 is 0 Å². The van der Waals surface area contributed by atoms with Gasteiger partial charge in [-0.2, -0.15) is 0 Å². The summed E-state index contributed by atoms with van der Waals surface area (Å²) >= 11 is 0. The second kappa shape index (κ2) is 6.53. The van der Waals surface area contributed by atoms with Gasteiger partial charge in [0.1, 0.15) is 0 Å². The number of rotatable bonds is 5. The highest BCUT2D eigenvalue weighted by atomic mass is 16.2. The minimum absolute atomic E-state index is 0.0128. The normalized spacial score (nSPS) is 10.6. The molecule has 1 amide bonds. The van der Waals surface area contributed by atoms with Crippen LogP contribution in [0.2, 0.25) is 0 Å². The predicted octanol–water partition coefficient (Wildman–Crippen LogP) is 3.06. The number of carbonyl (C=O) groups excluding carboxylic acids is 1. The molecular weight excluding hydrogens is 236 g/mol. The van der Waals surface area contributed by atoms with Crippen molar-refractivity contribution in [3.63, 3.8) is 0 Å². The van der Waals surface area contributed by atoms with Crippen LogP contribution in [0, 0.1) is 20.8 Å². The van der Waals surface area contributed by atoms with Crippen LogP contribution in [0.15, 0.2) is 24.3 Å². The molecule has 0 bridgehead atoms. The molecular formula is C16H24N2O. The summed E-state index contributed by atoms with van der Waals surface area (Å²) in [5.41, 5.74) is 5.41. The van der Waals surface area contributed by atoms with Crippen LogP contribution in [0.4, 0.5) is 5.69 Å². The maximum Gasteiger partial charge on any atom is 0.238 e. The van der Waals surface area contributed by atoms with E-state index < -0.39 is 0 Å². The first-order chi connectivity index (χ1) is 8.79. The van der Waals surface area contributed by atoms with Gasteiger partial charge in [0, 0.05) is 12.2 Å². The van der Waals surface area contributed by atoms with Crippen LogP contribution < -0.4 is 5.32 Å². The van der Waals surface area contributed by atoms with Gasteiger partial charge in [-0.3, -0.25) is 9.69 Å². The van der Waals surface area contributed by atoms with E-state index in [1.54, 1.807) is 0 Å². The predicted molar refractivity (Wildman–Crippen MR) is 81.6 cm³/mol. The van der Waals surface area contributed by atoms with Gasteiger partial charge in [-0.05, 0) is 45.9 Å². The topological polar surface area (TPSA) is 32.3 Å². The van der Waals surface area contributed by atoms with Crippen LogP contribution in [-0.4, -0.2) is 30.9 Å². The molecule has 0 aromatic heterocycles. The van der Waals surface area contributed by atoms with Crippen molar-refractivity contribution < 1.29 is 4.79 Å². The lowest BCUT2D eigenvalue weighted by molar-refractivity contribution is -0.116. The highest BCUT2D eigenvalue weighted by molar-refractivity contribution is 5.93. The van der Waals surface area contributed by atoms with Crippen LogP contribution in [0.25, 0.3) is 0 Å². The van der Waals surface area contributed by atoms with Gasteiger partial charge in [0.25, 0.3) is 0 Å². The van der Waals surface area contributed by atoms with Gasteiger partial charge in [-0.25, -0.2) is 0 Å². The summed E-state index contributed by atoms with van der Waals surface area (Å²) in [6.45, 7) is 13.0. The third kappa shape index (κ3) is 4.87. The fourth-order valence-electron chi connectivity index (χ4n) is 2.32. The second-order valence-electron chi connectivity index (χ2n) is 5.45. The molecule has 3 heteroatoms. The van der Waals surface area contributed by atoms with E-state index in [0.717, 1.165) is 28.9 Å². The molecule has 1 aromatic carbocycles. The van der Waals surface area contributed by atoms with Crippen molar-refractivity contribution in [2.45, 2.75) is 27.7 Å². The number of amides is 1. The number of benzene rings is 1. The largest absolute Gasteiger partial charge is 0.324 e. The minimum Gasteiger partial charge on any atom is -0.324 e. The zero-order valence-electron chi connectivity index (χ0n) is 12.6. The van der Waals surface area contributed by atoms with E-state index in [2.05, 4.69) is 31.0 Å². The van der Waals surface area contributed by atoms with Gasteiger partial charge in [0.15, 0.2) is 0 Å². The number of hydrogen-bond donors (Lipinski definition) is 1. The first-order valence-corrected chi connectivity index (χ1v) is 6.50. The minimum atomic E-state index is 0.0128. The van der Waals surface area contributed by atoms with E-state index in [1.165, 1.54) is 5.56 Å². The fraction of sp³-hybridized carbons (Fsp3) is 0.438. The molecule has 0 spiro atoms. The van der Waals surface area contributed by atoms with Gasteiger partial charge in [-0.15, -0.1) is 0 Å². The Hall–Kier alpha value is -1.61. The third-order valence-corrected chi connectivity index (χ3v) is 2.89. The first kappa shape index (κ1) is 15.4. The number of likely N-dealkylation sites (N-methyl/N-ethyl adjacent to an activating group) is 1. The number of anilines is 1. The smallest absolute Gasteiger partial charge is 0.238 e. The lowest BCUT2D eigenvalue weighted by Crippen LogP contribution is -2.31. The average molecular weight is 260 g/mol. The summed E-state index contributed by atoms with van der Waals surface area (Å²) < 4.78 is 0. The molecule has 1 N–H and O–H groups in total. The van der Waals surface area contributed by atoms with Crippen molar-refractivity contribution in [2.24, 2.45) is 0 Å². The molecule has 0 saturated heterocycles. The Labute approximate surface area is 116 Å². The Bertz CT molecular complexity index is 469. The average Bonchev–Trinajstić information content (AvgIpc) is 2.21. The van der Waals surface area contributed by atoms with Crippen molar-refractivity contribution in [3.05, 3.63) is 41.0 Å². The number of hydrogen-bond acceptors (Lipinski definition) is 2. The molecule has 0 aliphatic rings. The van der Waals surface area contributed by atoms with Gasteiger partial charge in [0.05, 0.1) is 6.54 Å². The quantitative estimate of drug-likeness (QED) is 0.825. The molecule has 19 heavy (non-hydrogen) atoms. The standard InChI is InChI=1S/C16H24N2O/c1-11(2)9-18(6)10-15(19)17-16-13(4)7-12(3)8-14(16)5/h7-8H,1,9-10H2,2-6H3,(H,17,19). The molecule has 3 nitrogen and oxygen atoms in total. The Balaban J connectivity index is 2.70. The molecule has 104 valence electrons. The molecule has 0 fully saturated rings. The molecule has 0 aliphatic carbocycles. The van der Waals surface area contributed by atoms with Crippen molar-refractivity contribution in [2.75, 3.05) is 25.5 Å². The van der Waals surface area contributed by atoms with Crippen molar-refractivity contribution in [1.29, 1.82) is 0 Å². The van der Waals surface area contributed by atoms with Gasteiger partial charge < -0.3 is 5.32 Å². The van der Waals surface area contributed by atoms with Gasteiger partial charge in [-0.1, -0.05) is 29.8 Å². The first-order valence-electron chi connectivity index (χ1n) is 6.50. The molecule has 0 aliphatic heterocycles. The van der Waals surface area contributed by atoms with E-state index in [-0.39, 0.29) is 5.91 Å². The fourth-order valence-corrected chi connectivity index (χ4v) is 2.32. The Morgan fingerprint density at radius 1 is 1.21 bits per heavy atom. The van der Waals surface area contributed by atoms with Gasteiger partial charge >= 0.3 is 0 Å².